The highest BCUT2D eigenvalue weighted by molar-refractivity contribution is 8.19. The minimum Gasteiger partial charge on any atom is -0.497 e. The summed E-state index contributed by atoms with van der Waals surface area (Å²) in [4.78, 5) is 27.8. The molecule has 1 fully saturated rings. The molecule has 35 heavy (non-hydrogen) atoms. The van der Waals surface area contributed by atoms with Crippen molar-refractivity contribution in [1.82, 2.24) is 9.78 Å². The van der Waals surface area contributed by atoms with Crippen LogP contribution in [0.15, 0.2) is 83.9 Å². The number of methoxy groups -OCH3 is 1. The topological polar surface area (TPSA) is 64.4 Å². The van der Waals surface area contributed by atoms with Crippen LogP contribution in [0.4, 0.5) is 10.5 Å². The molecule has 0 saturated carbocycles. The first-order chi connectivity index (χ1) is 16.9. The Kier molecular flexibility index (Phi) is 6.01. The van der Waals surface area contributed by atoms with E-state index in [2.05, 4.69) is 0 Å². The van der Waals surface area contributed by atoms with E-state index in [9.17, 15) is 9.59 Å². The van der Waals surface area contributed by atoms with Gasteiger partial charge in [-0.1, -0.05) is 35.9 Å². The molecule has 0 atom stereocenters. The SMILES string of the molecule is COc1ccc(-c2nn(-c3ccccc3)cc2/C=C2\SC(=O)N(c3ccc(C)cc3C)C2=O)cc1. The zero-order valence-corrected chi connectivity index (χ0v) is 20.4. The van der Waals surface area contributed by atoms with Gasteiger partial charge >= 0.3 is 0 Å². The summed E-state index contributed by atoms with van der Waals surface area (Å²) in [6.07, 6.45) is 3.63. The summed E-state index contributed by atoms with van der Waals surface area (Å²) in [5.74, 6) is 0.410. The maximum atomic E-state index is 13.3. The Morgan fingerprint density at radius 2 is 1.69 bits per heavy atom. The van der Waals surface area contributed by atoms with E-state index in [0.717, 1.165) is 45.5 Å². The lowest BCUT2D eigenvalue weighted by Gasteiger charge is -2.15. The molecule has 0 bridgehead atoms. The minimum atomic E-state index is -0.333. The van der Waals surface area contributed by atoms with Gasteiger partial charge in [-0.15, -0.1) is 0 Å². The Hall–Kier alpha value is -4.10. The van der Waals surface area contributed by atoms with Crippen LogP contribution in [-0.2, 0) is 4.79 Å². The highest BCUT2D eigenvalue weighted by Crippen LogP contribution is 2.38. The van der Waals surface area contributed by atoms with E-state index in [1.807, 2.05) is 92.8 Å². The number of anilines is 1. The van der Waals surface area contributed by atoms with E-state index >= 15 is 0 Å². The number of aromatic nitrogens is 2. The molecular weight excluding hydrogens is 458 g/mol. The van der Waals surface area contributed by atoms with E-state index in [1.54, 1.807) is 17.9 Å². The second-order valence-electron chi connectivity index (χ2n) is 8.25. The largest absolute Gasteiger partial charge is 0.497 e. The fraction of sp³-hybridized carbons (Fsp3) is 0.107. The third kappa shape index (κ3) is 4.38. The third-order valence-corrected chi connectivity index (χ3v) is 6.67. The molecule has 4 aromatic rings. The predicted octanol–water partition coefficient (Wildman–Crippen LogP) is 6.41. The maximum Gasteiger partial charge on any atom is 0.298 e. The Labute approximate surface area is 207 Å². The van der Waals surface area contributed by atoms with E-state index < -0.39 is 0 Å². The van der Waals surface area contributed by atoms with E-state index in [-0.39, 0.29) is 11.1 Å². The van der Waals surface area contributed by atoms with Crippen molar-refractivity contribution in [2.24, 2.45) is 0 Å². The van der Waals surface area contributed by atoms with Gasteiger partial charge < -0.3 is 4.74 Å². The second kappa shape index (κ2) is 9.27. The minimum absolute atomic E-state index is 0.311. The standard InChI is InChI=1S/C28H23N3O3S/c1-18-9-14-24(19(2)15-18)31-27(32)25(35-28(31)33)16-21-17-30(22-7-5-4-6-8-22)29-26(21)20-10-12-23(34-3)13-11-20/h4-17H,1-3H3/b25-16-. The van der Waals surface area contributed by atoms with E-state index in [4.69, 9.17) is 9.84 Å². The average molecular weight is 482 g/mol. The van der Waals surface area contributed by atoms with Crippen LogP contribution in [0.3, 0.4) is 0 Å². The fourth-order valence-electron chi connectivity index (χ4n) is 4.05. The summed E-state index contributed by atoms with van der Waals surface area (Å²) in [7, 11) is 1.62. The summed E-state index contributed by atoms with van der Waals surface area (Å²) in [5, 5.41) is 4.49. The number of imide groups is 1. The second-order valence-corrected chi connectivity index (χ2v) is 9.24. The summed E-state index contributed by atoms with van der Waals surface area (Å²) in [6.45, 7) is 3.89. The molecule has 2 amide bonds. The van der Waals surface area contributed by atoms with Crippen LogP contribution in [0.5, 0.6) is 5.75 Å². The van der Waals surface area contributed by atoms with Gasteiger partial charge in [0.2, 0.25) is 0 Å². The smallest absolute Gasteiger partial charge is 0.298 e. The number of carbonyl (C=O) groups excluding carboxylic acids is 2. The van der Waals surface area contributed by atoms with Gasteiger partial charge in [0.1, 0.15) is 5.75 Å². The van der Waals surface area contributed by atoms with Gasteiger partial charge in [0.25, 0.3) is 11.1 Å². The van der Waals surface area contributed by atoms with Gasteiger partial charge in [-0.25, -0.2) is 9.58 Å². The van der Waals surface area contributed by atoms with Crippen molar-refractivity contribution in [2.45, 2.75) is 13.8 Å². The highest BCUT2D eigenvalue weighted by atomic mass is 32.2. The first kappa shape index (κ1) is 22.7. The van der Waals surface area contributed by atoms with Crippen molar-refractivity contribution in [2.75, 3.05) is 12.0 Å². The molecule has 0 unspecified atom stereocenters. The number of hydrogen-bond acceptors (Lipinski definition) is 5. The van der Waals surface area contributed by atoms with Crippen molar-refractivity contribution in [3.8, 4) is 22.7 Å². The molecule has 174 valence electrons. The van der Waals surface area contributed by atoms with Crippen molar-refractivity contribution in [3.63, 3.8) is 0 Å². The van der Waals surface area contributed by atoms with Gasteiger partial charge in [0.05, 0.1) is 29.1 Å². The van der Waals surface area contributed by atoms with Crippen molar-refractivity contribution >= 4 is 34.7 Å². The van der Waals surface area contributed by atoms with Crippen molar-refractivity contribution in [1.29, 1.82) is 0 Å². The highest BCUT2D eigenvalue weighted by Gasteiger charge is 2.37. The number of hydrogen-bond donors (Lipinski definition) is 0. The first-order valence-electron chi connectivity index (χ1n) is 11.1. The first-order valence-corrected chi connectivity index (χ1v) is 11.9. The molecule has 0 aliphatic carbocycles. The molecule has 7 heteroatoms. The lowest BCUT2D eigenvalue weighted by molar-refractivity contribution is -0.113. The van der Waals surface area contributed by atoms with E-state index in [0.29, 0.717) is 16.3 Å². The average Bonchev–Trinajstić information content (AvgIpc) is 3.41. The van der Waals surface area contributed by atoms with Crippen LogP contribution in [0, 0.1) is 13.8 Å². The molecule has 5 rings (SSSR count). The molecule has 0 radical (unpaired) electrons. The number of carbonyl (C=O) groups is 2. The van der Waals surface area contributed by atoms with Crippen LogP contribution in [-0.4, -0.2) is 28.0 Å². The molecule has 3 aromatic carbocycles. The Bertz CT molecular complexity index is 1460. The third-order valence-electron chi connectivity index (χ3n) is 5.80. The molecule has 2 heterocycles. The summed E-state index contributed by atoms with van der Waals surface area (Å²) < 4.78 is 7.06. The maximum absolute atomic E-state index is 13.3. The van der Waals surface area contributed by atoms with Crippen LogP contribution in [0.2, 0.25) is 0 Å². The van der Waals surface area contributed by atoms with Gasteiger partial charge in [0.15, 0.2) is 0 Å². The summed E-state index contributed by atoms with van der Waals surface area (Å²) in [6, 6.07) is 23.0. The quantitative estimate of drug-likeness (QED) is 0.308. The summed E-state index contributed by atoms with van der Waals surface area (Å²) in [5.41, 5.74) is 5.78. The number of amides is 2. The number of aryl methyl sites for hydroxylation is 2. The number of rotatable bonds is 5. The van der Waals surface area contributed by atoms with Crippen LogP contribution in [0.25, 0.3) is 23.0 Å². The molecule has 1 aliphatic rings. The van der Waals surface area contributed by atoms with Gasteiger partial charge in [0, 0.05) is 17.3 Å². The number of para-hydroxylation sites is 1. The molecule has 1 aromatic heterocycles. The van der Waals surface area contributed by atoms with Crippen LogP contribution >= 0.6 is 11.8 Å². The molecule has 6 nitrogen and oxygen atoms in total. The predicted molar refractivity (Wildman–Crippen MR) is 140 cm³/mol. The number of thioether (sulfide) groups is 1. The van der Waals surface area contributed by atoms with E-state index in [1.165, 1.54) is 4.90 Å². The van der Waals surface area contributed by atoms with Crippen molar-refractivity contribution in [3.05, 3.63) is 101 Å². The molecular formula is C28H23N3O3S. The van der Waals surface area contributed by atoms with Crippen LogP contribution < -0.4 is 9.64 Å². The summed E-state index contributed by atoms with van der Waals surface area (Å²) >= 11 is 0.941. The van der Waals surface area contributed by atoms with Crippen LogP contribution in [0.1, 0.15) is 16.7 Å². The number of ether oxygens (including phenoxy) is 1. The number of nitrogens with zero attached hydrogens (tertiary/aromatic N) is 3. The lowest BCUT2D eigenvalue weighted by Crippen LogP contribution is -2.28. The monoisotopic (exact) mass is 481 g/mol. The molecule has 0 spiro atoms. The zero-order chi connectivity index (χ0) is 24.5. The Balaban J connectivity index is 1.58. The Morgan fingerprint density at radius 3 is 2.37 bits per heavy atom. The Morgan fingerprint density at radius 1 is 0.943 bits per heavy atom. The van der Waals surface area contributed by atoms with Crippen molar-refractivity contribution < 1.29 is 14.3 Å². The molecule has 0 N–H and O–H groups in total. The fourth-order valence-corrected chi connectivity index (χ4v) is 4.88. The van der Waals surface area contributed by atoms with Gasteiger partial charge in [-0.3, -0.25) is 9.59 Å². The zero-order valence-electron chi connectivity index (χ0n) is 19.6. The molecule has 1 saturated heterocycles. The molecule has 1 aliphatic heterocycles. The van der Waals surface area contributed by atoms with Gasteiger partial charge in [-0.05, 0) is 79.7 Å². The number of benzene rings is 3. The van der Waals surface area contributed by atoms with Gasteiger partial charge in [-0.2, -0.15) is 5.10 Å². The lowest BCUT2D eigenvalue weighted by atomic mass is 10.1. The normalized spacial score (nSPS) is 14.7.